The van der Waals surface area contributed by atoms with Gasteiger partial charge in [-0.3, -0.25) is 14.5 Å². The fourth-order valence-corrected chi connectivity index (χ4v) is 2.97. The van der Waals surface area contributed by atoms with Gasteiger partial charge in [0.05, 0.1) is 19.4 Å². The monoisotopic (exact) mass is 377 g/mol. The summed E-state index contributed by atoms with van der Waals surface area (Å²) in [6, 6.07) is 5.49. The highest BCUT2D eigenvalue weighted by Gasteiger charge is 2.27. The van der Waals surface area contributed by atoms with Crippen molar-refractivity contribution in [3.63, 3.8) is 0 Å². The van der Waals surface area contributed by atoms with Crippen molar-refractivity contribution >= 4 is 23.6 Å². The summed E-state index contributed by atoms with van der Waals surface area (Å²) in [6.45, 7) is 7.00. The molecule has 1 aromatic rings. The van der Waals surface area contributed by atoms with Crippen molar-refractivity contribution in [1.82, 2.24) is 9.80 Å². The summed E-state index contributed by atoms with van der Waals surface area (Å²) in [5.41, 5.74) is 1.54. The summed E-state index contributed by atoms with van der Waals surface area (Å²) in [5.74, 6) is 0.130. The number of piperazine rings is 1. The van der Waals surface area contributed by atoms with Gasteiger partial charge in [-0.2, -0.15) is 0 Å². The minimum absolute atomic E-state index is 0.0748. The first-order valence-corrected chi connectivity index (χ1v) is 8.99. The number of ether oxygens (including phenoxy) is 2. The van der Waals surface area contributed by atoms with Gasteiger partial charge >= 0.3 is 6.09 Å². The van der Waals surface area contributed by atoms with E-state index >= 15 is 0 Å². The van der Waals surface area contributed by atoms with E-state index in [-0.39, 0.29) is 24.5 Å². The Morgan fingerprint density at radius 1 is 1.11 bits per heavy atom. The first-order valence-electron chi connectivity index (χ1n) is 8.99. The summed E-state index contributed by atoms with van der Waals surface area (Å²) >= 11 is 0. The van der Waals surface area contributed by atoms with Crippen LogP contribution in [0.2, 0.25) is 0 Å². The fraction of sp³-hybridized carbons (Fsp3) is 0.526. The topological polar surface area (TPSA) is 79.4 Å². The van der Waals surface area contributed by atoms with E-state index in [1.165, 1.54) is 18.9 Å². The van der Waals surface area contributed by atoms with E-state index in [1.807, 2.05) is 19.1 Å². The molecule has 0 unspecified atom stereocenters. The van der Waals surface area contributed by atoms with E-state index in [0.717, 1.165) is 5.56 Å². The van der Waals surface area contributed by atoms with Crippen LogP contribution in [0.4, 0.5) is 10.5 Å². The number of benzene rings is 1. The third kappa shape index (κ3) is 5.12. The smallest absolute Gasteiger partial charge is 0.409 e. The third-order valence-corrected chi connectivity index (χ3v) is 4.46. The number of hydrogen-bond donors (Lipinski definition) is 0. The molecule has 0 atom stereocenters. The molecule has 0 spiro atoms. The highest BCUT2D eigenvalue weighted by atomic mass is 16.6. The standard InChI is InChI=1S/C19H27N3O5/c1-5-27-19(25)21-10-8-20(9-11-21)18(24)13-22(15(3)23)16-12-14(2)6-7-17(16)26-4/h6-7,12H,5,8-11,13H2,1-4H3. The lowest BCUT2D eigenvalue weighted by molar-refractivity contribution is -0.132. The SMILES string of the molecule is CCOC(=O)N1CCN(C(=O)CN(C(C)=O)c2cc(C)ccc2OC)CC1. The fourth-order valence-electron chi connectivity index (χ4n) is 2.97. The predicted molar refractivity (Wildman–Crippen MR) is 101 cm³/mol. The molecule has 0 aromatic heterocycles. The van der Waals surface area contributed by atoms with E-state index in [2.05, 4.69) is 0 Å². The third-order valence-electron chi connectivity index (χ3n) is 4.46. The van der Waals surface area contributed by atoms with E-state index < -0.39 is 0 Å². The van der Waals surface area contributed by atoms with Gasteiger partial charge in [-0.05, 0) is 31.5 Å². The number of carbonyl (C=O) groups is 3. The molecule has 0 N–H and O–H groups in total. The predicted octanol–water partition coefficient (Wildman–Crippen LogP) is 1.66. The maximum absolute atomic E-state index is 12.7. The lowest BCUT2D eigenvalue weighted by atomic mass is 10.2. The lowest BCUT2D eigenvalue weighted by Gasteiger charge is -2.35. The maximum atomic E-state index is 12.7. The number of rotatable bonds is 5. The first-order chi connectivity index (χ1) is 12.9. The summed E-state index contributed by atoms with van der Waals surface area (Å²) in [4.78, 5) is 41.3. The Morgan fingerprint density at radius 2 is 1.74 bits per heavy atom. The number of methoxy groups -OCH3 is 1. The van der Waals surface area contributed by atoms with Crippen molar-refractivity contribution in [2.24, 2.45) is 0 Å². The number of anilines is 1. The summed E-state index contributed by atoms with van der Waals surface area (Å²) < 4.78 is 10.3. The number of aryl methyl sites for hydroxylation is 1. The Balaban J connectivity index is 2.06. The van der Waals surface area contributed by atoms with Crippen LogP contribution < -0.4 is 9.64 Å². The van der Waals surface area contributed by atoms with Crippen LogP contribution in [-0.4, -0.2) is 74.1 Å². The minimum Gasteiger partial charge on any atom is -0.495 e. The first kappa shape index (κ1) is 20.5. The van der Waals surface area contributed by atoms with Gasteiger partial charge in [0.2, 0.25) is 11.8 Å². The zero-order chi connectivity index (χ0) is 20.0. The van der Waals surface area contributed by atoms with E-state index in [9.17, 15) is 14.4 Å². The van der Waals surface area contributed by atoms with Crippen molar-refractivity contribution in [2.45, 2.75) is 20.8 Å². The number of hydrogen-bond acceptors (Lipinski definition) is 5. The van der Waals surface area contributed by atoms with Gasteiger partial charge in [0, 0.05) is 33.1 Å². The quantitative estimate of drug-likeness (QED) is 0.780. The molecule has 1 saturated heterocycles. The van der Waals surface area contributed by atoms with Crippen LogP contribution in [0, 0.1) is 6.92 Å². The molecule has 1 heterocycles. The summed E-state index contributed by atoms with van der Waals surface area (Å²) in [5, 5.41) is 0. The van der Waals surface area contributed by atoms with Crippen molar-refractivity contribution in [1.29, 1.82) is 0 Å². The van der Waals surface area contributed by atoms with Crippen LogP contribution >= 0.6 is 0 Å². The number of nitrogens with zero attached hydrogens (tertiary/aromatic N) is 3. The molecule has 0 radical (unpaired) electrons. The number of carbonyl (C=O) groups excluding carboxylic acids is 3. The Labute approximate surface area is 159 Å². The van der Waals surface area contributed by atoms with Gasteiger partial charge < -0.3 is 19.3 Å². The molecule has 0 aliphatic carbocycles. The Morgan fingerprint density at radius 3 is 2.30 bits per heavy atom. The average Bonchev–Trinajstić information content (AvgIpc) is 2.66. The minimum atomic E-state index is -0.362. The summed E-state index contributed by atoms with van der Waals surface area (Å²) in [6.07, 6.45) is -0.362. The van der Waals surface area contributed by atoms with Gasteiger partial charge in [-0.1, -0.05) is 6.07 Å². The molecular formula is C19H27N3O5. The van der Waals surface area contributed by atoms with Crippen LogP contribution in [0.15, 0.2) is 18.2 Å². The normalized spacial score (nSPS) is 13.9. The van der Waals surface area contributed by atoms with Crippen LogP contribution in [0.3, 0.4) is 0 Å². The maximum Gasteiger partial charge on any atom is 0.409 e. The molecule has 3 amide bonds. The second kappa shape index (κ2) is 9.25. The Bertz CT molecular complexity index is 699. The Kier molecular flexibility index (Phi) is 7.04. The second-order valence-electron chi connectivity index (χ2n) is 6.35. The van der Waals surface area contributed by atoms with Gasteiger partial charge in [0.25, 0.3) is 0 Å². The van der Waals surface area contributed by atoms with Crippen LogP contribution in [0.25, 0.3) is 0 Å². The van der Waals surface area contributed by atoms with Gasteiger partial charge in [-0.15, -0.1) is 0 Å². The van der Waals surface area contributed by atoms with Crippen LogP contribution in [-0.2, 0) is 14.3 Å². The average molecular weight is 377 g/mol. The van der Waals surface area contributed by atoms with Crippen molar-refractivity contribution in [3.05, 3.63) is 23.8 Å². The molecule has 0 bridgehead atoms. The largest absolute Gasteiger partial charge is 0.495 e. The zero-order valence-corrected chi connectivity index (χ0v) is 16.4. The van der Waals surface area contributed by atoms with Crippen molar-refractivity contribution in [3.8, 4) is 5.75 Å². The molecule has 1 fully saturated rings. The van der Waals surface area contributed by atoms with Crippen LogP contribution in [0.1, 0.15) is 19.4 Å². The molecule has 148 valence electrons. The highest BCUT2D eigenvalue weighted by Crippen LogP contribution is 2.29. The second-order valence-corrected chi connectivity index (χ2v) is 6.35. The van der Waals surface area contributed by atoms with E-state index in [0.29, 0.717) is 44.2 Å². The van der Waals surface area contributed by atoms with E-state index in [1.54, 1.807) is 22.8 Å². The highest BCUT2D eigenvalue weighted by molar-refractivity contribution is 5.98. The van der Waals surface area contributed by atoms with Crippen molar-refractivity contribution in [2.75, 3.05) is 51.3 Å². The van der Waals surface area contributed by atoms with Crippen LogP contribution in [0.5, 0.6) is 5.75 Å². The molecular weight excluding hydrogens is 350 g/mol. The molecule has 8 heteroatoms. The molecule has 1 aliphatic rings. The molecule has 0 saturated carbocycles. The Hall–Kier alpha value is -2.77. The summed E-state index contributed by atoms with van der Waals surface area (Å²) in [7, 11) is 1.53. The number of amides is 3. The molecule has 8 nitrogen and oxygen atoms in total. The van der Waals surface area contributed by atoms with Crippen molar-refractivity contribution < 1.29 is 23.9 Å². The van der Waals surface area contributed by atoms with Gasteiger partial charge in [-0.25, -0.2) is 4.79 Å². The molecule has 1 aromatic carbocycles. The van der Waals surface area contributed by atoms with E-state index in [4.69, 9.17) is 9.47 Å². The molecule has 1 aliphatic heterocycles. The molecule has 2 rings (SSSR count). The van der Waals surface area contributed by atoms with Gasteiger partial charge in [0.15, 0.2) is 0 Å². The molecule has 27 heavy (non-hydrogen) atoms. The zero-order valence-electron chi connectivity index (χ0n) is 16.4. The van der Waals surface area contributed by atoms with Gasteiger partial charge in [0.1, 0.15) is 12.3 Å². The lowest BCUT2D eigenvalue weighted by Crippen LogP contribution is -2.53.